The molecule has 7 nitrogen and oxygen atoms in total. The van der Waals surface area contributed by atoms with Gasteiger partial charge in [-0.05, 0) is 13.0 Å². The number of anilines is 1. The minimum atomic E-state index is -0.115. The fourth-order valence-electron chi connectivity index (χ4n) is 2.28. The number of rotatable bonds is 3. The van der Waals surface area contributed by atoms with Gasteiger partial charge in [-0.15, -0.1) is 0 Å². The van der Waals surface area contributed by atoms with Crippen LogP contribution >= 0.6 is 0 Å². The van der Waals surface area contributed by atoms with Crippen LogP contribution in [-0.2, 0) is 11.3 Å². The molecule has 3 heterocycles. The number of morpholine rings is 1. The van der Waals surface area contributed by atoms with Crippen molar-refractivity contribution in [2.75, 3.05) is 24.6 Å². The van der Waals surface area contributed by atoms with Gasteiger partial charge in [-0.1, -0.05) is 0 Å². The molecule has 0 saturated carbocycles. The maximum absolute atomic E-state index is 9.07. The van der Waals surface area contributed by atoms with Gasteiger partial charge in [0.05, 0.1) is 31.1 Å². The molecular weight excluding hydrogens is 258 g/mol. The first-order valence-corrected chi connectivity index (χ1v) is 6.56. The number of hydrogen-bond acceptors (Lipinski definition) is 6. The van der Waals surface area contributed by atoms with Crippen molar-refractivity contribution in [2.45, 2.75) is 19.6 Å². The molecule has 0 bridgehead atoms. The molecule has 1 saturated heterocycles. The normalized spacial score (nSPS) is 19.3. The van der Waals surface area contributed by atoms with E-state index < -0.39 is 0 Å². The number of aromatic nitrogens is 4. The summed E-state index contributed by atoms with van der Waals surface area (Å²) in [4.78, 5) is 10.6. The quantitative estimate of drug-likeness (QED) is 0.852. The Kier molecular flexibility index (Phi) is 3.62. The Morgan fingerprint density at radius 3 is 3.10 bits per heavy atom. The van der Waals surface area contributed by atoms with E-state index in [1.807, 2.05) is 19.1 Å². The second kappa shape index (κ2) is 5.56. The van der Waals surface area contributed by atoms with Gasteiger partial charge in [0.1, 0.15) is 18.2 Å². The zero-order chi connectivity index (χ0) is 13.9. The molecule has 1 atom stereocenters. The van der Waals surface area contributed by atoms with Crippen molar-refractivity contribution in [2.24, 2.45) is 0 Å². The summed E-state index contributed by atoms with van der Waals surface area (Å²) in [6.07, 6.45) is 1.46. The van der Waals surface area contributed by atoms with E-state index >= 15 is 0 Å². The molecule has 2 aromatic heterocycles. The lowest BCUT2D eigenvalue weighted by Crippen LogP contribution is -2.39. The van der Waals surface area contributed by atoms with Crippen molar-refractivity contribution in [3.8, 4) is 0 Å². The summed E-state index contributed by atoms with van der Waals surface area (Å²) in [5.74, 6) is 0.906. The molecule has 106 valence electrons. The first-order valence-electron chi connectivity index (χ1n) is 6.56. The highest BCUT2D eigenvalue weighted by Crippen LogP contribution is 2.24. The number of H-pyrrole nitrogens is 1. The molecule has 0 aromatic carbocycles. The largest absolute Gasteiger partial charge is 0.390 e. The third kappa shape index (κ3) is 2.63. The first kappa shape index (κ1) is 13.0. The number of aromatic amines is 1. The van der Waals surface area contributed by atoms with Crippen molar-refractivity contribution in [3.63, 3.8) is 0 Å². The van der Waals surface area contributed by atoms with Crippen LogP contribution in [0.3, 0.4) is 0 Å². The fraction of sp³-hybridized carbons (Fsp3) is 0.462. The van der Waals surface area contributed by atoms with Gasteiger partial charge in [0.15, 0.2) is 0 Å². The number of nitrogens with zero attached hydrogens (tertiary/aromatic N) is 4. The van der Waals surface area contributed by atoms with Crippen LogP contribution in [0.2, 0.25) is 0 Å². The van der Waals surface area contributed by atoms with E-state index in [-0.39, 0.29) is 12.7 Å². The zero-order valence-electron chi connectivity index (χ0n) is 11.3. The molecule has 0 spiro atoms. The lowest BCUT2D eigenvalue weighted by molar-refractivity contribution is 0.0367. The van der Waals surface area contributed by atoms with Gasteiger partial charge in [0, 0.05) is 18.3 Å². The molecule has 1 fully saturated rings. The molecule has 1 aliphatic heterocycles. The third-order valence-corrected chi connectivity index (χ3v) is 3.33. The second-order valence-corrected chi connectivity index (χ2v) is 4.80. The number of ether oxygens (including phenoxy) is 1. The summed E-state index contributed by atoms with van der Waals surface area (Å²) in [6, 6.07) is 3.80. The highest BCUT2D eigenvalue weighted by Gasteiger charge is 2.25. The van der Waals surface area contributed by atoms with Crippen molar-refractivity contribution in [3.05, 3.63) is 35.5 Å². The van der Waals surface area contributed by atoms with Gasteiger partial charge in [-0.25, -0.2) is 9.97 Å². The van der Waals surface area contributed by atoms with E-state index in [0.717, 1.165) is 23.8 Å². The van der Waals surface area contributed by atoms with Crippen LogP contribution in [0.1, 0.15) is 23.2 Å². The molecule has 0 amide bonds. The second-order valence-electron chi connectivity index (χ2n) is 4.80. The van der Waals surface area contributed by atoms with Crippen LogP contribution in [0.25, 0.3) is 0 Å². The Hall–Kier alpha value is -1.99. The smallest absolute Gasteiger partial charge is 0.132 e. The van der Waals surface area contributed by atoms with Gasteiger partial charge < -0.3 is 14.7 Å². The van der Waals surface area contributed by atoms with E-state index in [1.165, 1.54) is 0 Å². The van der Waals surface area contributed by atoms with Crippen molar-refractivity contribution >= 4 is 5.82 Å². The molecule has 1 aliphatic rings. The van der Waals surface area contributed by atoms with Crippen LogP contribution in [0.5, 0.6) is 0 Å². The van der Waals surface area contributed by atoms with Crippen LogP contribution in [-0.4, -0.2) is 45.0 Å². The van der Waals surface area contributed by atoms with Gasteiger partial charge in [0.2, 0.25) is 0 Å². The van der Waals surface area contributed by atoms with Gasteiger partial charge >= 0.3 is 0 Å². The maximum atomic E-state index is 9.07. The van der Waals surface area contributed by atoms with Gasteiger partial charge in [-0.3, -0.25) is 5.10 Å². The van der Waals surface area contributed by atoms with Crippen LogP contribution < -0.4 is 4.90 Å². The van der Waals surface area contributed by atoms with E-state index in [4.69, 9.17) is 9.84 Å². The number of hydrogen-bond donors (Lipinski definition) is 2. The summed E-state index contributed by atoms with van der Waals surface area (Å²) in [6.45, 7) is 4.00. The van der Waals surface area contributed by atoms with E-state index in [1.54, 1.807) is 6.33 Å². The summed E-state index contributed by atoms with van der Waals surface area (Å²) in [5.41, 5.74) is 2.45. The maximum Gasteiger partial charge on any atom is 0.132 e. The Balaban J connectivity index is 1.76. The van der Waals surface area contributed by atoms with Crippen molar-refractivity contribution < 1.29 is 9.84 Å². The standard InChI is InChI=1S/C13H17N5O2/c1-9-4-13(15-8-14-9)18-2-3-20-12(6-18)11-5-10(7-19)16-17-11/h4-5,8,12,19H,2-3,6-7H2,1H3,(H,16,17)/t12-/m1/s1. The predicted octanol–water partition coefficient (Wildman–Crippen LogP) is 0.578. The molecule has 3 rings (SSSR count). The average molecular weight is 275 g/mol. The molecular formula is C13H17N5O2. The molecule has 0 aliphatic carbocycles. The topological polar surface area (TPSA) is 87.2 Å². The minimum absolute atomic E-state index is 0.0471. The highest BCUT2D eigenvalue weighted by atomic mass is 16.5. The Morgan fingerprint density at radius 2 is 2.35 bits per heavy atom. The third-order valence-electron chi connectivity index (χ3n) is 3.33. The zero-order valence-corrected chi connectivity index (χ0v) is 11.3. The van der Waals surface area contributed by atoms with Crippen LogP contribution in [0.4, 0.5) is 5.82 Å². The molecule has 0 radical (unpaired) electrons. The highest BCUT2D eigenvalue weighted by molar-refractivity contribution is 5.39. The van der Waals surface area contributed by atoms with Crippen molar-refractivity contribution in [1.82, 2.24) is 20.2 Å². The number of aliphatic hydroxyl groups excluding tert-OH is 1. The van der Waals surface area contributed by atoms with Gasteiger partial charge in [0.25, 0.3) is 0 Å². The molecule has 7 heteroatoms. The average Bonchev–Trinajstić information content (AvgIpc) is 2.96. The molecule has 2 N–H and O–H groups in total. The Labute approximate surface area is 116 Å². The van der Waals surface area contributed by atoms with Crippen LogP contribution in [0.15, 0.2) is 18.5 Å². The fourth-order valence-corrected chi connectivity index (χ4v) is 2.28. The molecule has 2 aromatic rings. The summed E-state index contributed by atoms with van der Waals surface area (Å²) in [5, 5.41) is 16.0. The number of aryl methyl sites for hydroxylation is 1. The number of aliphatic hydroxyl groups is 1. The summed E-state index contributed by atoms with van der Waals surface area (Å²) < 4.78 is 5.75. The monoisotopic (exact) mass is 275 g/mol. The SMILES string of the molecule is Cc1cc(N2CCO[C@@H](c3cc(CO)[nH]n3)C2)ncn1. The summed E-state index contributed by atoms with van der Waals surface area (Å²) in [7, 11) is 0. The van der Waals surface area contributed by atoms with E-state index in [2.05, 4.69) is 25.1 Å². The van der Waals surface area contributed by atoms with Crippen LogP contribution in [0, 0.1) is 6.92 Å². The molecule has 0 unspecified atom stereocenters. The van der Waals surface area contributed by atoms with Gasteiger partial charge in [-0.2, -0.15) is 5.10 Å². The van der Waals surface area contributed by atoms with E-state index in [0.29, 0.717) is 18.8 Å². The lowest BCUT2D eigenvalue weighted by atomic mass is 10.2. The first-order chi connectivity index (χ1) is 9.76. The lowest BCUT2D eigenvalue weighted by Gasteiger charge is -2.32. The Morgan fingerprint density at radius 1 is 1.45 bits per heavy atom. The Bertz CT molecular complexity index is 586. The number of nitrogens with one attached hydrogen (secondary N) is 1. The molecule has 20 heavy (non-hydrogen) atoms. The van der Waals surface area contributed by atoms with E-state index in [9.17, 15) is 0 Å². The minimum Gasteiger partial charge on any atom is -0.390 e. The summed E-state index contributed by atoms with van der Waals surface area (Å²) >= 11 is 0. The van der Waals surface area contributed by atoms with Crippen molar-refractivity contribution in [1.29, 1.82) is 0 Å². The predicted molar refractivity (Wildman–Crippen MR) is 72.2 cm³/mol.